The number of nitrogens with zero attached hydrogens (tertiary/aromatic N) is 1. The lowest BCUT2D eigenvalue weighted by Crippen LogP contribution is -2.34. The maximum Gasteiger partial charge on any atom is 0.231 e. The first-order chi connectivity index (χ1) is 14.2. The summed E-state index contributed by atoms with van der Waals surface area (Å²) in [4.78, 5) is 14.9. The van der Waals surface area contributed by atoms with Gasteiger partial charge in [0, 0.05) is 26.1 Å². The van der Waals surface area contributed by atoms with Gasteiger partial charge in [-0.05, 0) is 60.5 Å². The molecule has 0 aliphatic carbocycles. The maximum atomic E-state index is 12.4. The number of aryl methyl sites for hydroxylation is 1. The van der Waals surface area contributed by atoms with Gasteiger partial charge in [0.05, 0.1) is 0 Å². The van der Waals surface area contributed by atoms with Crippen molar-refractivity contribution in [2.45, 2.75) is 45.7 Å². The third kappa shape index (κ3) is 5.30. The van der Waals surface area contributed by atoms with E-state index in [1.54, 1.807) is 0 Å². The van der Waals surface area contributed by atoms with Crippen molar-refractivity contribution in [1.82, 2.24) is 10.2 Å². The number of hydrogen-bond donors (Lipinski definition) is 1. The van der Waals surface area contributed by atoms with Gasteiger partial charge < -0.3 is 14.8 Å². The number of hydrogen-bond acceptors (Lipinski definition) is 4. The second-order valence-corrected chi connectivity index (χ2v) is 8.22. The molecule has 0 saturated carbocycles. The molecule has 4 rings (SSSR count). The van der Waals surface area contributed by atoms with Crippen LogP contribution in [-0.4, -0.2) is 30.7 Å². The first-order valence-corrected chi connectivity index (χ1v) is 10.6. The molecule has 2 aliphatic rings. The lowest BCUT2D eigenvalue weighted by molar-refractivity contribution is -0.121. The van der Waals surface area contributed by atoms with Gasteiger partial charge in [-0.3, -0.25) is 9.69 Å². The first-order valence-electron chi connectivity index (χ1n) is 10.6. The number of fused-ring (bicyclic) bond motifs is 1. The van der Waals surface area contributed by atoms with Crippen LogP contribution in [0.1, 0.15) is 42.9 Å². The first kappa shape index (κ1) is 19.8. The topological polar surface area (TPSA) is 50.8 Å². The van der Waals surface area contributed by atoms with Crippen LogP contribution < -0.4 is 14.8 Å². The van der Waals surface area contributed by atoms with Gasteiger partial charge in [0.2, 0.25) is 12.7 Å². The van der Waals surface area contributed by atoms with Gasteiger partial charge in [0.1, 0.15) is 0 Å². The summed E-state index contributed by atoms with van der Waals surface area (Å²) in [6.07, 6.45) is 3.76. The molecule has 5 heteroatoms. The highest BCUT2D eigenvalue weighted by atomic mass is 16.7. The predicted octanol–water partition coefficient (Wildman–Crippen LogP) is 3.90. The van der Waals surface area contributed by atoms with Crippen molar-refractivity contribution in [2.75, 3.05) is 19.9 Å². The van der Waals surface area contributed by atoms with E-state index in [1.807, 2.05) is 18.2 Å². The highest BCUT2D eigenvalue weighted by molar-refractivity contribution is 5.76. The van der Waals surface area contributed by atoms with Crippen molar-refractivity contribution < 1.29 is 14.3 Å². The fourth-order valence-corrected chi connectivity index (χ4v) is 4.19. The molecule has 1 saturated heterocycles. The zero-order valence-electron chi connectivity index (χ0n) is 17.2. The van der Waals surface area contributed by atoms with Crippen LogP contribution in [0, 0.1) is 5.92 Å². The Morgan fingerprint density at radius 3 is 2.83 bits per heavy atom. The van der Waals surface area contributed by atoms with E-state index >= 15 is 0 Å². The smallest absolute Gasteiger partial charge is 0.231 e. The Labute approximate surface area is 173 Å². The monoisotopic (exact) mass is 394 g/mol. The Bertz CT molecular complexity index is 852. The molecule has 154 valence electrons. The van der Waals surface area contributed by atoms with Crippen LogP contribution in [0.5, 0.6) is 11.5 Å². The predicted molar refractivity (Wildman–Crippen MR) is 113 cm³/mol. The third-order valence-electron chi connectivity index (χ3n) is 5.81. The minimum absolute atomic E-state index is 0.0732. The molecule has 5 nitrogen and oxygen atoms in total. The standard InChI is InChI=1S/C24H30N2O3/c1-18-5-4-12-26(15-18)16-21-7-3-2-6-20(21)14-25-24(27)11-9-19-8-10-22-23(13-19)29-17-28-22/h2-3,6-8,10,13,18H,4-5,9,11-12,14-17H2,1H3,(H,25,27). The lowest BCUT2D eigenvalue weighted by atomic mass is 9.99. The van der Waals surface area contributed by atoms with Crippen molar-refractivity contribution in [3.05, 3.63) is 59.2 Å². The molecule has 1 unspecified atom stereocenters. The minimum Gasteiger partial charge on any atom is -0.454 e. The molecule has 1 atom stereocenters. The quantitative estimate of drug-likeness (QED) is 0.774. The SMILES string of the molecule is CC1CCCN(Cc2ccccc2CNC(=O)CCc2ccc3c(c2)OCO3)C1. The maximum absolute atomic E-state index is 12.4. The molecule has 1 amide bonds. The van der Waals surface area contributed by atoms with Gasteiger partial charge in [0.15, 0.2) is 11.5 Å². The van der Waals surface area contributed by atoms with Crippen LogP contribution in [0.2, 0.25) is 0 Å². The highest BCUT2D eigenvalue weighted by Crippen LogP contribution is 2.32. The molecule has 2 heterocycles. The summed E-state index contributed by atoms with van der Waals surface area (Å²) in [7, 11) is 0. The number of piperidine rings is 1. The second kappa shape index (κ2) is 9.31. The lowest BCUT2D eigenvalue weighted by Gasteiger charge is -2.31. The molecular weight excluding hydrogens is 364 g/mol. The number of likely N-dealkylation sites (tertiary alicyclic amines) is 1. The van der Waals surface area contributed by atoms with Gasteiger partial charge in [-0.2, -0.15) is 0 Å². The second-order valence-electron chi connectivity index (χ2n) is 8.22. The minimum atomic E-state index is 0.0732. The van der Waals surface area contributed by atoms with Crippen LogP contribution in [-0.2, 0) is 24.3 Å². The zero-order valence-corrected chi connectivity index (χ0v) is 17.2. The van der Waals surface area contributed by atoms with E-state index in [4.69, 9.17) is 9.47 Å². The van der Waals surface area contributed by atoms with E-state index in [1.165, 1.54) is 30.5 Å². The van der Waals surface area contributed by atoms with E-state index in [9.17, 15) is 4.79 Å². The summed E-state index contributed by atoms with van der Waals surface area (Å²) in [5.74, 6) is 2.39. The van der Waals surface area contributed by atoms with Crippen LogP contribution in [0.3, 0.4) is 0 Å². The molecule has 2 aromatic carbocycles. The van der Waals surface area contributed by atoms with Crippen molar-refractivity contribution in [3.63, 3.8) is 0 Å². The summed E-state index contributed by atoms with van der Waals surface area (Å²) in [6.45, 7) is 6.48. The van der Waals surface area contributed by atoms with Crippen LogP contribution in [0.15, 0.2) is 42.5 Å². The van der Waals surface area contributed by atoms with Gasteiger partial charge in [-0.15, -0.1) is 0 Å². The molecule has 0 spiro atoms. The van der Waals surface area contributed by atoms with Crippen LogP contribution in [0.25, 0.3) is 0 Å². The highest BCUT2D eigenvalue weighted by Gasteiger charge is 2.17. The van der Waals surface area contributed by atoms with Crippen LogP contribution >= 0.6 is 0 Å². The number of carbonyl (C=O) groups excluding carboxylic acids is 1. The molecule has 0 aromatic heterocycles. The van der Waals surface area contributed by atoms with Crippen molar-refractivity contribution in [3.8, 4) is 11.5 Å². The molecule has 1 N–H and O–H groups in total. The summed E-state index contributed by atoms with van der Waals surface area (Å²) in [5.41, 5.74) is 3.61. The Balaban J connectivity index is 1.28. The Morgan fingerprint density at radius 1 is 1.14 bits per heavy atom. The van der Waals surface area contributed by atoms with Gasteiger partial charge in [-0.25, -0.2) is 0 Å². The third-order valence-corrected chi connectivity index (χ3v) is 5.81. The number of rotatable bonds is 7. The molecule has 0 radical (unpaired) electrons. The fourth-order valence-electron chi connectivity index (χ4n) is 4.19. The van der Waals surface area contributed by atoms with Gasteiger partial charge in [-0.1, -0.05) is 37.3 Å². The molecular formula is C24H30N2O3. The molecule has 0 bridgehead atoms. The molecule has 29 heavy (non-hydrogen) atoms. The van der Waals surface area contributed by atoms with E-state index < -0.39 is 0 Å². The van der Waals surface area contributed by atoms with Crippen molar-refractivity contribution in [2.24, 2.45) is 5.92 Å². The van der Waals surface area contributed by atoms with E-state index in [0.29, 0.717) is 19.4 Å². The van der Waals surface area contributed by atoms with Crippen molar-refractivity contribution in [1.29, 1.82) is 0 Å². The average molecular weight is 395 g/mol. The van der Waals surface area contributed by atoms with E-state index in [2.05, 4.69) is 41.4 Å². The van der Waals surface area contributed by atoms with Crippen molar-refractivity contribution >= 4 is 5.91 Å². The van der Waals surface area contributed by atoms with Gasteiger partial charge in [0.25, 0.3) is 0 Å². The largest absolute Gasteiger partial charge is 0.454 e. The molecule has 1 fully saturated rings. The normalized spacial score (nSPS) is 18.6. The Hall–Kier alpha value is -2.53. The fraction of sp³-hybridized carbons (Fsp3) is 0.458. The summed E-state index contributed by atoms with van der Waals surface area (Å²) in [6, 6.07) is 14.3. The van der Waals surface area contributed by atoms with Crippen LogP contribution in [0.4, 0.5) is 0 Å². The average Bonchev–Trinajstić information content (AvgIpc) is 3.19. The summed E-state index contributed by atoms with van der Waals surface area (Å²) >= 11 is 0. The Kier molecular flexibility index (Phi) is 6.35. The number of amides is 1. The zero-order chi connectivity index (χ0) is 20.1. The van der Waals surface area contributed by atoms with E-state index in [-0.39, 0.29) is 12.7 Å². The molecule has 2 aliphatic heterocycles. The Morgan fingerprint density at radius 2 is 1.97 bits per heavy atom. The molecule has 2 aromatic rings. The number of nitrogens with one attached hydrogen (secondary N) is 1. The number of ether oxygens (including phenoxy) is 2. The summed E-state index contributed by atoms with van der Waals surface area (Å²) < 4.78 is 10.7. The summed E-state index contributed by atoms with van der Waals surface area (Å²) in [5, 5.41) is 3.09. The van der Waals surface area contributed by atoms with Gasteiger partial charge >= 0.3 is 0 Å². The number of carbonyl (C=O) groups is 1. The van der Waals surface area contributed by atoms with E-state index in [0.717, 1.165) is 36.1 Å². The number of benzene rings is 2.